The number of nitrogens with one attached hydrogen (secondary N) is 1. The Morgan fingerprint density at radius 3 is 2.11 bits per heavy atom. The van der Waals surface area contributed by atoms with Gasteiger partial charge in [-0.25, -0.2) is 8.42 Å². The first-order chi connectivity index (χ1) is 16.4. The summed E-state index contributed by atoms with van der Waals surface area (Å²) in [5, 5.41) is 3.10. The first-order valence-electron chi connectivity index (χ1n) is 12.6. The van der Waals surface area contributed by atoms with Crippen LogP contribution in [0.1, 0.15) is 60.1 Å². The van der Waals surface area contributed by atoms with Gasteiger partial charge in [0.2, 0.25) is 15.9 Å². The molecule has 0 aromatic heterocycles. The maximum atomic E-state index is 13.5. The SMILES string of the molecule is Cc1cc(C)c(C)c(S(=O)(=O)N2CCC(C(=O)NCc3ccccc3CN(C)C(C)C)CC2)c1C. The molecule has 1 N–H and O–H groups in total. The van der Waals surface area contributed by atoms with Gasteiger partial charge in [-0.2, -0.15) is 4.31 Å². The highest BCUT2D eigenvalue weighted by Crippen LogP contribution is 2.31. The van der Waals surface area contributed by atoms with E-state index >= 15 is 0 Å². The van der Waals surface area contributed by atoms with E-state index < -0.39 is 10.0 Å². The van der Waals surface area contributed by atoms with Gasteiger partial charge >= 0.3 is 0 Å². The van der Waals surface area contributed by atoms with Gasteiger partial charge in [0.15, 0.2) is 0 Å². The number of amides is 1. The number of hydrogen-bond donors (Lipinski definition) is 1. The Balaban J connectivity index is 1.63. The third-order valence-electron chi connectivity index (χ3n) is 7.59. The summed E-state index contributed by atoms with van der Waals surface area (Å²) in [4.78, 5) is 15.7. The molecule has 1 aliphatic heterocycles. The standard InChI is InChI=1S/C28H41N3O3S/c1-19(2)30(7)18-26-11-9-8-10-25(26)17-29-28(32)24-12-14-31(15-13-24)35(33,34)27-22(5)20(3)16-21(4)23(27)6/h8-11,16,19,24H,12-15,17-18H2,1-7H3,(H,29,32). The Hall–Kier alpha value is -2.22. The number of rotatable bonds is 8. The van der Waals surface area contributed by atoms with Crippen molar-refractivity contribution in [1.29, 1.82) is 0 Å². The molecule has 0 aliphatic carbocycles. The molecule has 0 saturated carbocycles. The van der Waals surface area contributed by atoms with Crippen molar-refractivity contribution >= 4 is 15.9 Å². The summed E-state index contributed by atoms with van der Waals surface area (Å²) >= 11 is 0. The molecule has 0 radical (unpaired) electrons. The van der Waals surface area contributed by atoms with Gasteiger partial charge in [-0.3, -0.25) is 9.69 Å². The average Bonchev–Trinajstić information content (AvgIpc) is 2.82. The third kappa shape index (κ3) is 6.13. The summed E-state index contributed by atoms with van der Waals surface area (Å²) in [5.41, 5.74) is 5.93. The highest BCUT2D eigenvalue weighted by molar-refractivity contribution is 7.89. The lowest BCUT2D eigenvalue weighted by molar-refractivity contribution is -0.126. The molecule has 1 heterocycles. The van der Waals surface area contributed by atoms with Gasteiger partial charge in [0.05, 0.1) is 4.90 Å². The van der Waals surface area contributed by atoms with E-state index in [2.05, 4.69) is 43.2 Å². The summed E-state index contributed by atoms with van der Waals surface area (Å²) in [7, 11) is -1.50. The van der Waals surface area contributed by atoms with E-state index in [1.807, 2.05) is 45.9 Å². The largest absolute Gasteiger partial charge is 0.352 e. The molecular formula is C28H41N3O3S. The molecule has 1 aliphatic rings. The Morgan fingerprint density at radius 2 is 1.57 bits per heavy atom. The van der Waals surface area contributed by atoms with Crippen molar-refractivity contribution in [1.82, 2.24) is 14.5 Å². The van der Waals surface area contributed by atoms with Crippen LogP contribution in [0.2, 0.25) is 0 Å². The quantitative estimate of drug-likeness (QED) is 0.582. The number of nitrogens with zero attached hydrogens (tertiary/aromatic N) is 2. The van der Waals surface area contributed by atoms with E-state index in [1.54, 1.807) is 4.31 Å². The van der Waals surface area contributed by atoms with E-state index in [0.29, 0.717) is 43.4 Å². The Labute approximate surface area is 211 Å². The molecule has 35 heavy (non-hydrogen) atoms. The Bertz CT molecular complexity index is 1140. The van der Waals surface area contributed by atoms with E-state index in [1.165, 1.54) is 5.56 Å². The monoisotopic (exact) mass is 499 g/mol. The van der Waals surface area contributed by atoms with Crippen LogP contribution >= 0.6 is 0 Å². The van der Waals surface area contributed by atoms with E-state index in [-0.39, 0.29) is 11.8 Å². The molecule has 2 aromatic rings. The van der Waals surface area contributed by atoms with Crippen LogP contribution in [-0.4, -0.2) is 49.7 Å². The van der Waals surface area contributed by atoms with Gasteiger partial charge in [0.1, 0.15) is 0 Å². The minimum absolute atomic E-state index is 0.00725. The van der Waals surface area contributed by atoms with Gasteiger partial charge in [-0.15, -0.1) is 0 Å². The lowest BCUT2D eigenvalue weighted by Crippen LogP contribution is -2.43. The summed E-state index contributed by atoms with van der Waals surface area (Å²) in [6, 6.07) is 10.7. The van der Waals surface area contributed by atoms with Crippen molar-refractivity contribution in [3.63, 3.8) is 0 Å². The number of benzene rings is 2. The highest BCUT2D eigenvalue weighted by Gasteiger charge is 2.34. The maximum Gasteiger partial charge on any atom is 0.243 e. The Kier molecular flexibility index (Phi) is 8.78. The van der Waals surface area contributed by atoms with Crippen LogP contribution in [0.15, 0.2) is 35.2 Å². The minimum Gasteiger partial charge on any atom is -0.352 e. The van der Waals surface area contributed by atoms with Crippen molar-refractivity contribution < 1.29 is 13.2 Å². The van der Waals surface area contributed by atoms with Crippen molar-refractivity contribution in [3.8, 4) is 0 Å². The molecule has 0 bridgehead atoms. The summed E-state index contributed by atoms with van der Waals surface area (Å²) in [5.74, 6) is -0.166. The molecule has 1 amide bonds. The first kappa shape index (κ1) is 27.4. The molecular weight excluding hydrogens is 458 g/mol. The van der Waals surface area contributed by atoms with E-state index in [0.717, 1.165) is 34.4 Å². The molecule has 3 rings (SSSR count). The van der Waals surface area contributed by atoms with Gasteiger partial charge in [-0.1, -0.05) is 30.3 Å². The fourth-order valence-corrected chi connectivity index (χ4v) is 6.76. The summed E-state index contributed by atoms with van der Waals surface area (Å²) < 4.78 is 28.6. The second-order valence-corrected chi connectivity index (χ2v) is 12.1. The second-order valence-electron chi connectivity index (χ2n) is 10.3. The molecule has 2 aromatic carbocycles. The topological polar surface area (TPSA) is 69.7 Å². The number of aryl methyl sites for hydroxylation is 2. The van der Waals surface area contributed by atoms with E-state index in [4.69, 9.17) is 0 Å². The fraction of sp³-hybridized carbons (Fsp3) is 0.536. The van der Waals surface area contributed by atoms with Crippen LogP contribution in [0.25, 0.3) is 0 Å². The molecule has 6 nitrogen and oxygen atoms in total. The van der Waals surface area contributed by atoms with Gasteiger partial charge in [0, 0.05) is 38.1 Å². The lowest BCUT2D eigenvalue weighted by Gasteiger charge is -2.32. The molecule has 0 atom stereocenters. The number of piperidine rings is 1. The zero-order valence-electron chi connectivity index (χ0n) is 22.3. The molecule has 1 fully saturated rings. The lowest BCUT2D eigenvalue weighted by atomic mass is 9.97. The summed E-state index contributed by atoms with van der Waals surface area (Å²) in [6.07, 6.45) is 1.07. The number of sulfonamides is 1. The van der Waals surface area contributed by atoms with Gasteiger partial charge in [-0.05, 0) is 94.8 Å². The third-order valence-corrected chi connectivity index (χ3v) is 9.77. The minimum atomic E-state index is -3.60. The van der Waals surface area contributed by atoms with Crippen LogP contribution in [0, 0.1) is 33.6 Å². The average molecular weight is 500 g/mol. The molecule has 7 heteroatoms. The molecule has 192 valence electrons. The maximum absolute atomic E-state index is 13.5. The van der Waals surface area contributed by atoms with Crippen LogP contribution in [0.5, 0.6) is 0 Å². The number of carbonyl (C=O) groups excluding carboxylic acids is 1. The fourth-order valence-electron chi connectivity index (χ4n) is 4.72. The smallest absolute Gasteiger partial charge is 0.243 e. The zero-order chi connectivity index (χ0) is 25.9. The predicted molar refractivity (Wildman–Crippen MR) is 142 cm³/mol. The van der Waals surface area contributed by atoms with Crippen LogP contribution in [0.4, 0.5) is 0 Å². The Morgan fingerprint density at radius 1 is 1.03 bits per heavy atom. The van der Waals surface area contributed by atoms with Crippen molar-refractivity contribution in [2.24, 2.45) is 5.92 Å². The summed E-state index contributed by atoms with van der Waals surface area (Å²) in [6.45, 7) is 14.0. The highest BCUT2D eigenvalue weighted by atomic mass is 32.2. The first-order valence-corrected chi connectivity index (χ1v) is 14.0. The van der Waals surface area contributed by atoms with Crippen LogP contribution in [-0.2, 0) is 27.9 Å². The predicted octanol–water partition coefficient (Wildman–Crippen LogP) is 4.48. The molecule has 1 saturated heterocycles. The molecule has 0 spiro atoms. The number of hydrogen-bond acceptors (Lipinski definition) is 4. The van der Waals surface area contributed by atoms with Crippen molar-refractivity contribution in [2.45, 2.75) is 78.4 Å². The van der Waals surface area contributed by atoms with Gasteiger partial charge in [0.25, 0.3) is 0 Å². The van der Waals surface area contributed by atoms with E-state index in [9.17, 15) is 13.2 Å². The van der Waals surface area contributed by atoms with Crippen molar-refractivity contribution in [3.05, 3.63) is 63.7 Å². The normalized spacial score (nSPS) is 15.7. The van der Waals surface area contributed by atoms with Gasteiger partial charge < -0.3 is 5.32 Å². The molecule has 0 unspecified atom stereocenters. The number of carbonyl (C=O) groups is 1. The van der Waals surface area contributed by atoms with Crippen molar-refractivity contribution in [2.75, 3.05) is 20.1 Å². The van der Waals surface area contributed by atoms with Crippen LogP contribution < -0.4 is 5.32 Å². The van der Waals surface area contributed by atoms with Crippen LogP contribution in [0.3, 0.4) is 0 Å². The second kappa shape index (κ2) is 11.2. The zero-order valence-corrected chi connectivity index (χ0v) is 23.1.